The van der Waals surface area contributed by atoms with E-state index in [1.807, 2.05) is 42.5 Å². The second-order valence-corrected chi connectivity index (χ2v) is 6.83. The summed E-state index contributed by atoms with van der Waals surface area (Å²) in [5, 5.41) is 7.52. The smallest absolute Gasteiger partial charge is 0.268 e. The molecular formula is C18H15N5O2S. The van der Waals surface area contributed by atoms with Gasteiger partial charge in [0.1, 0.15) is 19.2 Å². The molecule has 0 bridgehead atoms. The van der Waals surface area contributed by atoms with Crippen LogP contribution >= 0.6 is 11.5 Å². The molecular weight excluding hydrogens is 350 g/mol. The first kappa shape index (κ1) is 16.2. The van der Waals surface area contributed by atoms with Crippen LogP contribution in [0, 0.1) is 0 Å². The van der Waals surface area contributed by atoms with Gasteiger partial charge < -0.3 is 5.32 Å². The maximum absolute atomic E-state index is 12.3. The minimum atomic E-state index is -0.234. The monoisotopic (exact) mass is 365 g/mol. The average Bonchev–Trinajstić information content (AvgIpc) is 3.26. The highest BCUT2D eigenvalue weighted by molar-refractivity contribution is 7.13. The van der Waals surface area contributed by atoms with Crippen LogP contribution in [0.2, 0.25) is 0 Å². The highest BCUT2D eigenvalue weighted by atomic mass is 32.1. The summed E-state index contributed by atoms with van der Waals surface area (Å²) in [5.41, 5.74) is 1.60. The molecule has 7 nitrogen and oxygen atoms in total. The molecule has 0 spiro atoms. The number of rotatable bonds is 5. The quantitative estimate of drug-likeness (QED) is 0.589. The summed E-state index contributed by atoms with van der Waals surface area (Å²) in [6, 6.07) is 14.9. The minimum Gasteiger partial charge on any atom is -0.325 e. The number of benzene rings is 2. The summed E-state index contributed by atoms with van der Waals surface area (Å²) in [4.78, 5) is 28.5. The Labute approximate surface area is 152 Å². The molecule has 1 amide bonds. The van der Waals surface area contributed by atoms with Crippen molar-refractivity contribution in [3.8, 4) is 0 Å². The van der Waals surface area contributed by atoms with Crippen LogP contribution in [-0.2, 0) is 17.9 Å². The van der Waals surface area contributed by atoms with Gasteiger partial charge in [0.25, 0.3) is 5.56 Å². The topological polar surface area (TPSA) is 81.8 Å². The van der Waals surface area contributed by atoms with Gasteiger partial charge in [-0.05, 0) is 29.8 Å². The number of fused-ring (bicyclic) bond motifs is 1. The zero-order valence-electron chi connectivity index (χ0n) is 13.7. The molecule has 4 rings (SSSR count). The fourth-order valence-corrected chi connectivity index (χ4v) is 3.64. The van der Waals surface area contributed by atoms with E-state index in [0.29, 0.717) is 17.6 Å². The Hall–Kier alpha value is -3.26. The van der Waals surface area contributed by atoms with Crippen LogP contribution in [0.5, 0.6) is 0 Å². The summed E-state index contributed by atoms with van der Waals surface area (Å²) in [5.74, 6) is -0.234. The Balaban J connectivity index is 1.42. The summed E-state index contributed by atoms with van der Waals surface area (Å²) in [6.07, 6.45) is 3.14. The van der Waals surface area contributed by atoms with E-state index >= 15 is 0 Å². The SMILES string of the molecule is O=C(Cn1sc2ccccc2c1=O)Nc1ccc(Cn2cncn2)cc1. The van der Waals surface area contributed by atoms with Crippen LogP contribution in [0.1, 0.15) is 5.56 Å². The van der Waals surface area contributed by atoms with Gasteiger partial charge >= 0.3 is 0 Å². The molecule has 0 fully saturated rings. The summed E-state index contributed by atoms with van der Waals surface area (Å²) >= 11 is 1.30. The molecule has 130 valence electrons. The van der Waals surface area contributed by atoms with E-state index < -0.39 is 0 Å². The van der Waals surface area contributed by atoms with Crippen LogP contribution in [-0.4, -0.2) is 24.6 Å². The molecule has 0 aliphatic heterocycles. The van der Waals surface area contributed by atoms with Gasteiger partial charge in [0.2, 0.25) is 5.91 Å². The first-order valence-electron chi connectivity index (χ1n) is 7.99. The Morgan fingerprint density at radius 2 is 1.92 bits per heavy atom. The lowest BCUT2D eigenvalue weighted by molar-refractivity contribution is -0.116. The third-order valence-corrected chi connectivity index (χ3v) is 4.96. The van der Waals surface area contributed by atoms with Crippen molar-refractivity contribution in [3.63, 3.8) is 0 Å². The van der Waals surface area contributed by atoms with Gasteiger partial charge in [-0.3, -0.25) is 13.5 Å². The van der Waals surface area contributed by atoms with Gasteiger partial charge in [-0.1, -0.05) is 35.8 Å². The summed E-state index contributed by atoms with van der Waals surface area (Å²) < 4.78 is 4.07. The number of amides is 1. The molecule has 0 aliphatic carbocycles. The van der Waals surface area contributed by atoms with Crippen molar-refractivity contribution in [1.29, 1.82) is 0 Å². The third-order valence-electron chi connectivity index (χ3n) is 3.89. The number of aromatic nitrogens is 4. The molecule has 0 saturated heterocycles. The molecule has 2 aromatic heterocycles. The second kappa shape index (κ2) is 6.93. The standard InChI is InChI=1S/C18H15N5O2S/c24-17(10-23-18(25)15-3-1-2-4-16(15)26-23)21-14-7-5-13(6-8-14)9-22-12-19-11-20-22/h1-8,11-12H,9-10H2,(H,21,24). The lowest BCUT2D eigenvalue weighted by Gasteiger charge is -2.07. The van der Waals surface area contributed by atoms with E-state index in [4.69, 9.17) is 0 Å². The van der Waals surface area contributed by atoms with Crippen molar-refractivity contribution in [2.24, 2.45) is 0 Å². The Bertz CT molecular complexity index is 1100. The number of carbonyl (C=O) groups excluding carboxylic acids is 1. The lowest BCUT2D eigenvalue weighted by atomic mass is 10.2. The van der Waals surface area contributed by atoms with E-state index in [0.717, 1.165) is 10.3 Å². The number of anilines is 1. The van der Waals surface area contributed by atoms with Crippen LogP contribution in [0.15, 0.2) is 66.0 Å². The van der Waals surface area contributed by atoms with Crippen molar-refractivity contribution < 1.29 is 4.79 Å². The molecule has 4 aromatic rings. The van der Waals surface area contributed by atoms with Gasteiger partial charge in [0.05, 0.1) is 16.6 Å². The predicted molar refractivity (Wildman–Crippen MR) is 100 cm³/mol. The summed E-state index contributed by atoms with van der Waals surface area (Å²) in [6.45, 7) is 0.615. The van der Waals surface area contributed by atoms with Crippen LogP contribution in [0.25, 0.3) is 10.1 Å². The third kappa shape index (κ3) is 3.40. The van der Waals surface area contributed by atoms with Gasteiger partial charge in [0.15, 0.2) is 0 Å². The van der Waals surface area contributed by atoms with Gasteiger partial charge in [-0.2, -0.15) is 5.10 Å². The van der Waals surface area contributed by atoms with E-state index in [1.54, 1.807) is 17.1 Å². The molecule has 0 radical (unpaired) electrons. The highest BCUT2D eigenvalue weighted by Crippen LogP contribution is 2.16. The molecule has 8 heteroatoms. The van der Waals surface area contributed by atoms with Gasteiger partial charge in [-0.25, -0.2) is 9.67 Å². The maximum Gasteiger partial charge on any atom is 0.268 e. The first-order chi connectivity index (χ1) is 12.7. The first-order valence-corrected chi connectivity index (χ1v) is 8.76. The van der Waals surface area contributed by atoms with E-state index in [2.05, 4.69) is 15.4 Å². The Kier molecular flexibility index (Phi) is 4.32. The largest absolute Gasteiger partial charge is 0.325 e. The fraction of sp³-hybridized carbons (Fsp3) is 0.111. The fourth-order valence-electron chi connectivity index (χ4n) is 2.65. The molecule has 2 heterocycles. The minimum absolute atomic E-state index is 0.00110. The molecule has 26 heavy (non-hydrogen) atoms. The van der Waals surface area contributed by atoms with Gasteiger partial charge in [0, 0.05) is 5.69 Å². The van der Waals surface area contributed by atoms with Crippen molar-refractivity contribution in [2.75, 3.05) is 5.32 Å². The number of nitrogens with one attached hydrogen (secondary N) is 1. The Morgan fingerprint density at radius 3 is 2.65 bits per heavy atom. The number of carbonyl (C=O) groups is 1. The van der Waals surface area contributed by atoms with Gasteiger partial charge in [-0.15, -0.1) is 0 Å². The van der Waals surface area contributed by atoms with Crippen LogP contribution in [0.4, 0.5) is 5.69 Å². The number of hydrogen-bond donors (Lipinski definition) is 1. The van der Waals surface area contributed by atoms with Crippen molar-refractivity contribution in [3.05, 3.63) is 77.1 Å². The molecule has 0 atom stereocenters. The normalized spacial score (nSPS) is 10.9. The van der Waals surface area contributed by atoms with Crippen molar-refractivity contribution in [2.45, 2.75) is 13.1 Å². The second-order valence-electron chi connectivity index (χ2n) is 5.77. The predicted octanol–water partition coefficient (Wildman–Crippen LogP) is 2.34. The highest BCUT2D eigenvalue weighted by Gasteiger charge is 2.10. The van der Waals surface area contributed by atoms with Crippen LogP contribution < -0.4 is 10.9 Å². The van der Waals surface area contributed by atoms with Crippen molar-refractivity contribution >= 4 is 33.2 Å². The zero-order chi connectivity index (χ0) is 17.9. The maximum atomic E-state index is 12.3. The van der Waals surface area contributed by atoms with E-state index in [-0.39, 0.29) is 18.0 Å². The Morgan fingerprint density at radius 1 is 1.12 bits per heavy atom. The van der Waals surface area contributed by atoms with E-state index in [1.165, 1.54) is 21.8 Å². The molecule has 2 aromatic carbocycles. The molecule has 1 N–H and O–H groups in total. The lowest BCUT2D eigenvalue weighted by Crippen LogP contribution is -2.23. The van der Waals surface area contributed by atoms with Crippen molar-refractivity contribution in [1.82, 2.24) is 18.7 Å². The van der Waals surface area contributed by atoms with E-state index in [9.17, 15) is 9.59 Å². The molecule has 0 unspecified atom stereocenters. The number of hydrogen-bond acceptors (Lipinski definition) is 5. The average molecular weight is 365 g/mol. The molecule has 0 aliphatic rings. The molecule has 0 saturated carbocycles. The zero-order valence-corrected chi connectivity index (χ0v) is 14.5. The van der Waals surface area contributed by atoms with Crippen LogP contribution in [0.3, 0.4) is 0 Å². The summed E-state index contributed by atoms with van der Waals surface area (Å²) in [7, 11) is 0. The number of nitrogens with zero attached hydrogens (tertiary/aromatic N) is 4.